The number of hydrogen-bond acceptors (Lipinski definition) is 1. The zero-order chi connectivity index (χ0) is 12.7. The van der Waals surface area contributed by atoms with E-state index in [1.165, 1.54) is 35.0 Å². The molecule has 0 amide bonds. The van der Waals surface area contributed by atoms with Gasteiger partial charge in [0, 0.05) is 17.3 Å². The molecule has 0 saturated heterocycles. The summed E-state index contributed by atoms with van der Waals surface area (Å²) >= 11 is 0. The SMILES string of the molecule is CCc1ccc2c(c1)c(C1CC1)nn2[C@@H](C)CC. The summed E-state index contributed by atoms with van der Waals surface area (Å²) in [5.74, 6) is 0.727. The average molecular weight is 242 g/mol. The van der Waals surface area contributed by atoms with Gasteiger partial charge in [-0.3, -0.25) is 4.68 Å². The highest BCUT2D eigenvalue weighted by Crippen LogP contribution is 2.43. The van der Waals surface area contributed by atoms with Crippen LogP contribution < -0.4 is 0 Å². The lowest BCUT2D eigenvalue weighted by Crippen LogP contribution is -2.05. The number of nitrogens with zero attached hydrogens (tertiary/aromatic N) is 2. The average Bonchev–Trinajstić information content (AvgIpc) is 3.18. The van der Waals surface area contributed by atoms with E-state index < -0.39 is 0 Å². The lowest BCUT2D eigenvalue weighted by atomic mass is 10.1. The Balaban J connectivity index is 2.19. The van der Waals surface area contributed by atoms with E-state index in [9.17, 15) is 0 Å². The zero-order valence-corrected chi connectivity index (χ0v) is 11.6. The van der Waals surface area contributed by atoms with Crippen LogP contribution in [0.3, 0.4) is 0 Å². The van der Waals surface area contributed by atoms with Gasteiger partial charge in [0.05, 0.1) is 11.2 Å². The predicted octanol–water partition coefficient (Wildman–Crippen LogP) is 4.45. The summed E-state index contributed by atoms with van der Waals surface area (Å²) in [6, 6.07) is 7.36. The quantitative estimate of drug-likeness (QED) is 0.774. The first-order valence-corrected chi connectivity index (χ1v) is 7.25. The van der Waals surface area contributed by atoms with E-state index in [1.807, 2.05) is 0 Å². The molecule has 0 spiro atoms. The molecule has 1 aliphatic carbocycles. The third-order valence-corrected chi connectivity index (χ3v) is 4.18. The molecular weight excluding hydrogens is 220 g/mol. The van der Waals surface area contributed by atoms with Gasteiger partial charge in [0.25, 0.3) is 0 Å². The Morgan fingerprint density at radius 1 is 1.33 bits per heavy atom. The highest BCUT2D eigenvalue weighted by atomic mass is 15.3. The minimum Gasteiger partial charge on any atom is -0.262 e. The van der Waals surface area contributed by atoms with Gasteiger partial charge >= 0.3 is 0 Å². The van der Waals surface area contributed by atoms with Crippen LogP contribution in [0.2, 0.25) is 0 Å². The largest absolute Gasteiger partial charge is 0.262 e. The van der Waals surface area contributed by atoms with Crippen LogP contribution in [0, 0.1) is 0 Å². The first-order valence-electron chi connectivity index (χ1n) is 7.25. The van der Waals surface area contributed by atoms with Crippen LogP contribution in [0.1, 0.15) is 63.3 Å². The molecule has 0 N–H and O–H groups in total. The minimum absolute atomic E-state index is 0.493. The summed E-state index contributed by atoms with van der Waals surface area (Å²) in [4.78, 5) is 0. The van der Waals surface area contributed by atoms with E-state index in [4.69, 9.17) is 5.10 Å². The summed E-state index contributed by atoms with van der Waals surface area (Å²) < 4.78 is 2.24. The number of fused-ring (bicyclic) bond motifs is 1. The molecule has 1 atom stereocenters. The van der Waals surface area contributed by atoms with E-state index in [2.05, 4.69) is 43.7 Å². The summed E-state index contributed by atoms with van der Waals surface area (Å²) in [6.45, 7) is 6.71. The van der Waals surface area contributed by atoms with Crippen molar-refractivity contribution in [3.8, 4) is 0 Å². The molecule has 1 fully saturated rings. The number of hydrogen-bond donors (Lipinski definition) is 0. The second-order valence-corrected chi connectivity index (χ2v) is 5.57. The van der Waals surface area contributed by atoms with Crippen molar-refractivity contribution in [2.75, 3.05) is 0 Å². The molecule has 1 aromatic heterocycles. The molecule has 1 aromatic carbocycles. The fourth-order valence-electron chi connectivity index (χ4n) is 2.60. The molecular formula is C16H22N2. The van der Waals surface area contributed by atoms with Crippen LogP contribution in [0.15, 0.2) is 18.2 Å². The Kier molecular flexibility index (Phi) is 2.89. The number of aryl methyl sites for hydroxylation is 1. The molecule has 96 valence electrons. The molecule has 0 radical (unpaired) electrons. The Bertz CT molecular complexity index is 564. The van der Waals surface area contributed by atoms with Gasteiger partial charge in [-0.05, 0) is 50.3 Å². The first-order chi connectivity index (χ1) is 8.74. The Morgan fingerprint density at radius 2 is 2.11 bits per heavy atom. The second-order valence-electron chi connectivity index (χ2n) is 5.57. The van der Waals surface area contributed by atoms with Crippen molar-refractivity contribution in [2.45, 2.75) is 58.4 Å². The fraction of sp³-hybridized carbons (Fsp3) is 0.562. The molecule has 1 saturated carbocycles. The maximum atomic E-state index is 4.91. The topological polar surface area (TPSA) is 17.8 Å². The van der Waals surface area contributed by atoms with Crippen LogP contribution in [0.5, 0.6) is 0 Å². The molecule has 18 heavy (non-hydrogen) atoms. The molecule has 0 bridgehead atoms. The monoisotopic (exact) mass is 242 g/mol. The normalized spacial score (nSPS) is 17.3. The zero-order valence-electron chi connectivity index (χ0n) is 11.6. The Morgan fingerprint density at radius 3 is 2.72 bits per heavy atom. The molecule has 1 aliphatic rings. The molecule has 2 heteroatoms. The lowest BCUT2D eigenvalue weighted by molar-refractivity contribution is 0.488. The molecule has 0 unspecified atom stereocenters. The van der Waals surface area contributed by atoms with Gasteiger partial charge in [0.1, 0.15) is 0 Å². The molecule has 0 aliphatic heterocycles. The summed E-state index contributed by atoms with van der Waals surface area (Å²) in [5.41, 5.74) is 4.09. The van der Waals surface area contributed by atoms with Gasteiger partial charge in [0.15, 0.2) is 0 Å². The summed E-state index contributed by atoms with van der Waals surface area (Å²) in [7, 11) is 0. The summed E-state index contributed by atoms with van der Waals surface area (Å²) in [5, 5.41) is 6.31. The Hall–Kier alpha value is -1.31. The number of aromatic nitrogens is 2. The van der Waals surface area contributed by atoms with Crippen molar-refractivity contribution in [1.29, 1.82) is 0 Å². The molecule has 1 heterocycles. The van der Waals surface area contributed by atoms with E-state index in [0.717, 1.165) is 18.8 Å². The van der Waals surface area contributed by atoms with Crippen LogP contribution in [0.25, 0.3) is 10.9 Å². The van der Waals surface area contributed by atoms with Crippen LogP contribution in [0.4, 0.5) is 0 Å². The first kappa shape index (κ1) is 11.8. The highest BCUT2D eigenvalue weighted by Gasteiger charge is 2.29. The third kappa shape index (κ3) is 1.84. The smallest absolute Gasteiger partial charge is 0.0734 e. The number of rotatable bonds is 4. The maximum absolute atomic E-state index is 4.91. The van der Waals surface area contributed by atoms with E-state index in [0.29, 0.717) is 6.04 Å². The van der Waals surface area contributed by atoms with Gasteiger partial charge in [-0.15, -0.1) is 0 Å². The van der Waals surface area contributed by atoms with Crippen molar-refractivity contribution in [3.05, 3.63) is 29.5 Å². The van der Waals surface area contributed by atoms with Crippen molar-refractivity contribution in [1.82, 2.24) is 9.78 Å². The van der Waals surface area contributed by atoms with Gasteiger partial charge in [-0.1, -0.05) is 19.9 Å². The van der Waals surface area contributed by atoms with Crippen molar-refractivity contribution >= 4 is 10.9 Å². The Labute approximate surface area is 109 Å². The standard InChI is InChI=1S/C16H22N2/c1-4-11(3)18-15-9-6-12(5-2)10-14(15)16(17-18)13-7-8-13/h6,9-11,13H,4-5,7-8H2,1-3H3/t11-/m0/s1. The molecule has 3 rings (SSSR count). The maximum Gasteiger partial charge on any atom is 0.0734 e. The van der Waals surface area contributed by atoms with Crippen molar-refractivity contribution in [3.63, 3.8) is 0 Å². The fourth-order valence-corrected chi connectivity index (χ4v) is 2.60. The van der Waals surface area contributed by atoms with Gasteiger partial charge in [-0.2, -0.15) is 5.10 Å². The second kappa shape index (κ2) is 4.42. The minimum atomic E-state index is 0.493. The van der Waals surface area contributed by atoms with Gasteiger partial charge in [-0.25, -0.2) is 0 Å². The van der Waals surface area contributed by atoms with Crippen LogP contribution in [-0.4, -0.2) is 9.78 Å². The van der Waals surface area contributed by atoms with E-state index in [1.54, 1.807) is 0 Å². The molecule has 2 nitrogen and oxygen atoms in total. The lowest BCUT2D eigenvalue weighted by Gasteiger charge is -2.10. The van der Waals surface area contributed by atoms with Gasteiger partial charge in [0.2, 0.25) is 0 Å². The van der Waals surface area contributed by atoms with E-state index >= 15 is 0 Å². The van der Waals surface area contributed by atoms with Crippen LogP contribution >= 0.6 is 0 Å². The predicted molar refractivity (Wildman–Crippen MR) is 76.1 cm³/mol. The number of benzene rings is 1. The van der Waals surface area contributed by atoms with Crippen LogP contribution in [-0.2, 0) is 6.42 Å². The van der Waals surface area contributed by atoms with Crippen molar-refractivity contribution < 1.29 is 0 Å². The van der Waals surface area contributed by atoms with Crippen molar-refractivity contribution in [2.24, 2.45) is 0 Å². The highest BCUT2D eigenvalue weighted by molar-refractivity contribution is 5.83. The third-order valence-electron chi connectivity index (χ3n) is 4.18. The van der Waals surface area contributed by atoms with Gasteiger partial charge < -0.3 is 0 Å². The van der Waals surface area contributed by atoms with E-state index in [-0.39, 0.29) is 0 Å². The molecule has 2 aromatic rings. The summed E-state index contributed by atoms with van der Waals surface area (Å²) in [6.07, 6.45) is 4.89.